The fraction of sp³-hybridized carbons (Fsp3) is 0.316. The fourth-order valence-electron chi connectivity index (χ4n) is 2.73. The summed E-state index contributed by atoms with van der Waals surface area (Å²) in [4.78, 5) is 12.7. The summed E-state index contributed by atoms with van der Waals surface area (Å²) >= 11 is 3.43. The predicted molar refractivity (Wildman–Crippen MR) is 103 cm³/mol. The monoisotopic (exact) mass is 416 g/mol. The van der Waals surface area contributed by atoms with Crippen molar-refractivity contribution in [2.45, 2.75) is 38.8 Å². The summed E-state index contributed by atoms with van der Waals surface area (Å²) in [6, 6.07) is 13.0. The van der Waals surface area contributed by atoms with Gasteiger partial charge in [0.15, 0.2) is 17.6 Å². The van der Waals surface area contributed by atoms with E-state index in [0.717, 1.165) is 28.8 Å². The summed E-state index contributed by atoms with van der Waals surface area (Å²) in [5.74, 6) is 1.17. The topological polar surface area (TPSA) is 68.5 Å². The molecule has 0 aliphatic carbocycles. The second-order valence-corrected chi connectivity index (χ2v) is 6.88. The summed E-state index contributed by atoms with van der Waals surface area (Å²) in [7, 11) is 0. The minimum absolute atomic E-state index is 0.188. The average Bonchev–Trinajstić information content (AvgIpc) is 3.07. The maximum Gasteiger partial charge on any atom is 0.261 e. The van der Waals surface area contributed by atoms with E-state index in [4.69, 9.17) is 4.74 Å². The molecule has 0 bridgehead atoms. The molecule has 3 aromatic rings. The van der Waals surface area contributed by atoms with Crippen molar-refractivity contribution in [3.8, 4) is 5.75 Å². The van der Waals surface area contributed by atoms with Crippen molar-refractivity contribution in [3.05, 3.63) is 59.0 Å². The first-order valence-electron chi connectivity index (χ1n) is 8.61. The molecule has 2 heterocycles. The van der Waals surface area contributed by atoms with Gasteiger partial charge in [-0.2, -0.15) is 0 Å². The maximum atomic E-state index is 12.7. The molecule has 3 rings (SSSR count). The molecule has 136 valence electrons. The molecule has 1 aromatic carbocycles. The molecule has 0 spiro atoms. The Kier molecular flexibility index (Phi) is 5.88. The summed E-state index contributed by atoms with van der Waals surface area (Å²) in [6.45, 7) is 3.81. The van der Waals surface area contributed by atoms with E-state index < -0.39 is 6.10 Å². The van der Waals surface area contributed by atoms with Crippen LogP contribution in [0.4, 0.5) is 0 Å². The van der Waals surface area contributed by atoms with Crippen LogP contribution in [-0.2, 0) is 4.79 Å². The molecular weight excluding hydrogens is 396 g/mol. The van der Waals surface area contributed by atoms with E-state index in [0.29, 0.717) is 5.75 Å². The highest BCUT2D eigenvalue weighted by Crippen LogP contribution is 2.25. The lowest BCUT2D eigenvalue weighted by molar-refractivity contribution is -0.128. The van der Waals surface area contributed by atoms with Crippen molar-refractivity contribution in [3.63, 3.8) is 0 Å². The lowest BCUT2D eigenvalue weighted by atomic mass is 10.1. The van der Waals surface area contributed by atoms with E-state index in [-0.39, 0.29) is 11.9 Å². The highest BCUT2D eigenvalue weighted by atomic mass is 79.9. The number of nitrogens with zero attached hydrogens (tertiary/aromatic N) is 3. The maximum absolute atomic E-state index is 12.7. The Labute approximate surface area is 160 Å². The SMILES string of the molecule is CCCC(NC(=O)C(C)Oc1ccccc1Br)c1nnc2ccccn12. The van der Waals surface area contributed by atoms with Crippen LogP contribution in [0.25, 0.3) is 5.65 Å². The highest BCUT2D eigenvalue weighted by molar-refractivity contribution is 9.10. The molecule has 7 heteroatoms. The molecule has 0 aliphatic rings. The van der Waals surface area contributed by atoms with Gasteiger partial charge < -0.3 is 10.1 Å². The van der Waals surface area contributed by atoms with Crippen LogP contribution < -0.4 is 10.1 Å². The lowest BCUT2D eigenvalue weighted by Crippen LogP contribution is -2.39. The molecule has 1 amide bonds. The van der Waals surface area contributed by atoms with Crippen LogP contribution in [0.2, 0.25) is 0 Å². The van der Waals surface area contributed by atoms with Crippen molar-refractivity contribution in [1.29, 1.82) is 0 Å². The first-order valence-corrected chi connectivity index (χ1v) is 9.40. The van der Waals surface area contributed by atoms with Crippen molar-refractivity contribution < 1.29 is 9.53 Å². The van der Waals surface area contributed by atoms with Gasteiger partial charge in [0, 0.05) is 6.20 Å². The number of pyridine rings is 1. The van der Waals surface area contributed by atoms with Gasteiger partial charge >= 0.3 is 0 Å². The third-order valence-corrected chi connectivity index (χ3v) is 4.71. The molecule has 0 radical (unpaired) electrons. The van der Waals surface area contributed by atoms with Gasteiger partial charge in [-0.05, 0) is 53.5 Å². The summed E-state index contributed by atoms with van der Waals surface area (Å²) in [6.07, 6.45) is 2.95. The number of hydrogen-bond acceptors (Lipinski definition) is 4. The number of nitrogens with one attached hydrogen (secondary N) is 1. The van der Waals surface area contributed by atoms with Crippen molar-refractivity contribution in [2.24, 2.45) is 0 Å². The first-order chi connectivity index (χ1) is 12.6. The molecule has 1 N–H and O–H groups in total. The minimum Gasteiger partial charge on any atom is -0.480 e. The second kappa shape index (κ2) is 8.31. The van der Waals surface area contributed by atoms with Gasteiger partial charge in [0.25, 0.3) is 5.91 Å². The number of rotatable bonds is 7. The molecular formula is C19H21BrN4O2. The number of para-hydroxylation sites is 1. The standard InChI is InChI=1S/C19H21BrN4O2/c1-3-8-15(18-23-22-17-11-6-7-12-24(17)18)21-19(25)13(2)26-16-10-5-4-9-14(16)20/h4-7,9-13,15H,3,8H2,1-2H3,(H,21,25). The molecule has 0 saturated heterocycles. The number of carbonyl (C=O) groups is 1. The van der Waals surface area contributed by atoms with Crippen LogP contribution in [0.3, 0.4) is 0 Å². The summed E-state index contributed by atoms with van der Waals surface area (Å²) < 4.78 is 8.50. The molecule has 6 nitrogen and oxygen atoms in total. The van der Waals surface area contributed by atoms with Gasteiger partial charge in [-0.1, -0.05) is 31.5 Å². The van der Waals surface area contributed by atoms with E-state index in [1.807, 2.05) is 53.1 Å². The number of halogens is 1. The number of carbonyl (C=O) groups excluding carboxylic acids is 1. The van der Waals surface area contributed by atoms with Gasteiger partial charge in [-0.3, -0.25) is 9.20 Å². The van der Waals surface area contributed by atoms with E-state index in [9.17, 15) is 4.79 Å². The number of hydrogen-bond donors (Lipinski definition) is 1. The van der Waals surface area contributed by atoms with E-state index in [2.05, 4.69) is 38.4 Å². The van der Waals surface area contributed by atoms with Gasteiger partial charge in [0.05, 0.1) is 10.5 Å². The lowest BCUT2D eigenvalue weighted by Gasteiger charge is -2.20. The average molecular weight is 417 g/mol. The van der Waals surface area contributed by atoms with Gasteiger partial charge in [-0.25, -0.2) is 0 Å². The molecule has 2 atom stereocenters. The zero-order chi connectivity index (χ0) is 18.5. The Hall–Kier alpha value is -2.41. The van der Waals surface area contributed by atoms with Crippen LogP contribution in [0.1, 0.15) is 38.6 Å². The van der Waals surface area contributed by atoms with Gasteiger partial charge in [0.1, 0.15) is 5.75 Å². The van der Waals surface area contributed by atoms with Gasteiger partial charge in [-0.15, -0.1) is 10.2 Å². The molecule has 2 aromatic heterocycles. The van der Waals surface area contributed by atoms with E-state index in [1.54, 1.807) is 6.92 Å². The van der Waals surface area contributed by atoms with Crippen LogP contribution >= 0.6 is 15.9 Å². The Morgan fingerprint density at radius 2 is 2.00 bits per heavy atom. The number of aromatic nitrogens is 3. The third-order valence-electron chi connectivity index (χ3n) is 4.06. The molecule has 0 fully saturated rings. The Bertz CT molecular complexity index is 896. The Morgan fingerprint density at radius 1 is 1.23 bits per heavy atom. The molecule has 2 unspecified atom stereocenters. The van der Waals surface area contributed by atoms with E-state index in [1.165, 1.54) is 0 Å². The quantitative estimate of drug-likeness (QED) is 0.633. The summed E-state index contributed by atoms with van der Waals surface area (Å²) in [5, 5.41) is 11.5. The normalized spacial score (nSPS) is 13.3. The Morgan fingerprint density at radius 3 is 2.77 bits per heavy atom. The molecule has 26 heavy (non-hydrogen) atoms. The first kappa shape index (κ1) is 18.4. The van der Waals surface area contributed by atoms with Crippen LogP contribution in [0, 0.1) is 0 Å². The van der Waals surface area contributed by atoms with E-state index >= 15 is 0 Å². The Balaban J connectivity index is 1.75. The largest absolute Gasteiger partial charge is 0.480 e. The van der Waals surface area contributed by atoms with Crippen LogP contribution in [-0.4, -0.2) is 26.6 Å². The number of fused-ring (bicyclic) bond motifs is 1. The minimum atomic E-state index is -0.632. The number of benzene rings is 1. The smallest absolute Gasteiger partial charge is 0.261 e. The molecule has 0 saturated carbocycles. The third kappa shape index (κ3) is 4.04. The second-order valence-electron chi connectivity index (χ2n) is 6.03. The predicted octanol–water partition coefficient (Wildman–Crippen LogP) is 3.92. The molecule has 0 aliphatic heterocycles. The van der Waals surface area contributed by atoms with Crippen molar-refractivity contribution in [1.82, 2.24) is 19.9 Å². The van der Waals surface area contributed by atoms with Gasteiger partial charge in [0.2, 0.25) is 0 Å². The van der Waals surface area contributed by atoms with Crippen molar-refractivity contribution in [2.75, 3.05) is 0 Å². The highest BCUT2D eigenvalue weighted by Gasteiger charge is 2.23. The summed E-state index contributed by atoms with van der Waals surface area (Å²) in [5.41, 5.74) is 0.760. The van der Waals surface area contributed by atoms with Crippen LogP contribution in [0.15, 0.2) is 53.1 Å². The number of amides is 1. The van der Waals surface area contributed by atoms with Crippen LogP contribution in [0.5, 0.6) is 5.75 Å². The number of ether oxygens (including phenoxy) is 1. The fourth-order valence-corrected chi connectivity index (χ4v) is 3.10. The van der Waals surface area contributed by atoms with Crippen molar-refractivity contribution >= 4 is 27.5 Å². The zero-order valence-electron chi connectivity index (χ0n) is 14.7. The zero-order valence-corrected chi connectivity index (χ0v) is 16.3.